The normalized spacial score (nSPS) is 16.4. The Hall–Kier alpha value is -1.46. The number of nitrogens with two attached hydrogens (primary N) is 1. The quantitative estimate of drug-likeness (QED) is 0.856. The van der Waals surface area contributed by atoms with Crippen LogP contribution in [0, 0.1) is 0 Å². The summed E-state index contributed by atoms with van der Waals surface area (Å²) >= 11 is 0. The summed E-state index contributed by atoms with van der Waals surface area (Å²) in [5, 5.41) is 0. The number of hydrogen-bond donors (Lipinski definition) is 1. The summed E-state index contributed by atoms with van der Waals surface area (Å²) in [6.45, 7) is 3.68. The zero-order valence-electron chi connectivity index (χ0n) is 11.1. The molecule has 1 unspecified atom stereocenters. The number of esters is 1. The first-order chi connectivity index (χ1) is 8.41. The highest BCUT2D eigenvalue weighted by molar-refractivity contribution is 5.85. The smallest absolute Gasteiger partial charge is 0.322 e. The molecular formula is C13H18ClNO4. The highest BCUT2D eigenvalue weighted by Gasteiger charge is 2.31. The fraction of sp³-hybridized carbons (Fsp3) is 0.462. The standard InChI is InChI=1S/C13H17NO4.ClH/c1-13(2)17-10-5-4-8(7-11(10)18-13)6-9(14)12(15)16-3;/h4-5,7,9H,6,14H2,1-3H3;1H. The maximum Gasteiger partial charge on any atom is 0.322 e. The van der Waals surface area contributed by atoms with Crippen LogP contribution in [0.25, 0.3) is 0 Å². The van der Waals surface area contributed by atoms with Crippen LogP contribution in [0.3, 0.4) is 0 Å². The van der Waals surface area contributed by atoms with Gasteiger partial charge >= 0.3 is 5.97 Å². The average Bonchev–Trinajstić information content (AvgIpc) is 2.61. The zero-order valence-corrected chi connectivity index (χ0v) is 12.0. The van der Waals surface area contributed by atoms with Crippen molar-refractivity contribution in [2.45, 2.75) is 32.1 Å². The number of hydrogen-bond acceptors (Lipinski definition) is 5. The van der Waals surface area contributed by atoms with Gasteiger partial charge in [0.1, 0.15) is 6.04 Å². The molecule has 6 heteroatoms. The zero-order chi connectivity index (χ0) is 13.3. The van der Waals surface area contributed by atoms with Crippen molar-refractivity contribution in [1.82, 2.24) is 0 Å². The molecular weight excluding hydrogens is 270 g/mol. The van der Waals surface area contributed by atoms with E-state index >= 15 is 0 Å². The van der Waals surface area contributed by atoms with Crippen LogP contribution in [0.15, 0.2) is 18.2 Å². The minimum absolute atomic E-state index is 0. The van der Waals surface area contributed by atoms with E-state index in [4.69, 9.17) is 15.2 Å². The van der Waals surface area contributed by atoms with E-state index in [2.05, 4.69) is 4.74 Å². The average molecular weight is 288 g/mol. The summed E-state index contributed by atoms with van der Waals surface area (Å²) in [4.78, 5) is 11.2. The summed E-state index contributed by atoms with van der Waals surface area (Å²) < 4.78 is 15.8. The van der Waals surface area contributed by atoms with Crippen LogP contribution in [0.5, 0.6) is 11.5 Å². The van der Waals surface area contributed by atoms with E-state index in [0.717, 1.165) is 5.56 Å². The number of fused-ring (bicyclic) bond motifs is 1. The summed E-state index contributed by atoms with van der Waals surface area (Å²) in [6.07, 6.45) is 0.406. The number of ether oxygens (including phenoxy) is 3. The maximum atomic E-state index is 11.2. The number of carbonyl (C=O) groups is 1. The van der Waals surface area contributed by atoms with Gasteiger partial charge < -0.3 is 19.9 Å². The van der Waals surface area contributed by atoms with Gasteiger partial charge in [-0.3, -0.25) is 4.79 Å². The molecule has 0 amide bonds. The molecule has 1 heterocycles. The van der Waals surface area contributed by atoms with Crippen LogP contribution in [-0.2, 0) is 16.0 Å². The Balaban J connectivity index is 0.00000180. The SMILES string of the molecule is COC(=O)C(N)Cc1ccc2c(c1)OC(C)(C)O2.Cl. The van der Waals surface area contributed by atoms with Gasteiger partial charge in [0.25, 0.3) is 0 Å². The second kappa shape index (κ2) is 5.67. The highest BCUT2D eigenvalue weighted by atomic mass is 35.5. The summed E-state index contributed by atoms with van der Waals surface area (Å²) in [7, 11) is 1.32. The van der Waals surface area contributed by atoms with E-state index in [0.29, 0.717) is 17.9 Å². The van der Waals surface area contributed by atoms with Crippen molar-refractivity contribution in [2.75, 3.05) is 7.11 Å². The lowest BCUT2D eigenvalue weighted by Gasteiger charge is -2.16. The van der Waals surface area contributed by atoms with Gasteiger partial charge in [0, 0.05) is 13.8 Å². The molecule has 0 spiro atoms. The van der Waals surface area contributed by atoms with Gasteiger partial charge in [-0.15, -0.1) is 12.4 Å². The van der Waals surface area contributed by atoms with Gasteiger partial charge in [-0.2, -0.15) is 0 Å². The third kappa shape index (κ3) is 3.52. The van der Waals surface area contributed by atoms with Crippen molar-refractivity contribution >= 4 is 18.4 Å². The number of benzene rings is 1. The minimum atomic E-state index is -0.664. The van der Waals surface area contributed by atoms with Gasteiger partial charge in [0.15, 0.2) is 11.5 Å². The van der Waals surface area contributed by atoms with Crippen molar-refractivity contribution < 1.29 is 19.0 Å². The molecule has 0 bridgehead atoms. The number of halogens is 1. The third-order valence-corrected chi connectivity index (χ3v) is 2.68. The topological polar surface area (TPSA) is 70.8 Å². The molecule has 2 rings (SSSR count). The van der Waals surface area contributed by atoms with E-state index in [1.165, 1.54) is 7.11 Å². The Morgan fingerprint density at radius 2 is 2.00 bits per heavy atom. The number of carbonyl (C=O) groups excluding carboxylic acids is 1. The molecule has 106 valence electrons. The maximum absolute atomic E-state index is 11.2. The van der Waals surface area contributed by atoms with E-state index in [9.17, 15) is 4.79 Å². The van der Waals surface area contributed by atoms with Gasteiger partial charge in [0.05, 0.1) is 7.11 Å². The predicted octanol–water partition coefficient (Wildman–Crippen LogP) is 1.66. The summed E-state index contributed by atoms with van der Waals surface area (Å²) in [6, 6.07) is 4.87. The van der Waals surface area contributed by atoms with Gasteiger partial charge in [0.2, 0.25) is 5.79 Å². The Kier molecular flexibility index (Phi) is 4.66. The second-order valence-electron chi connectivity index (χ2n) is 4.72. The Labute approximate surface area is 118 Å². The first-order valence-electron chi connectivity index (χ1n) is 5.75. The Morgan fingerprint density at radius 1 is 1.37 bits per heavy atom. The van der Waals surface area contributed by atoms with Gasteiger partial charge in [-0.05, 0) is 24.1 Å². The second-order valence-corrected chi connectivity index (χ2v) is 4.72. The van der Waals surface area contributed by atoms with E-state index < -0.39 is 17.8 Å². The molecule has 5 nitrogen and oxygen atoms in total. The summed E-state index contributed by atoms with van der Waals surface area (Å²) in [5.74, 6) is 0.309. The van der Waals surface area contributed by atoms with Crippen molar-refractivity contribution in [2.24, 2.45) is 5.73 Å². The molecule has 0 saturated carbocycles. The lowest BCUT2D eigenvalue weighted by Crippen LogP contribution is -2.33. The van der Waals surface area contributed by atoms with Crippen molar-refractivity contribution in [3.63, 3.8) is 0 Å². The van der Waals surface area contributed by atoms with Crippen molar-refractivity contribution in [3.05, 3.63) is 23.8 Å². The number of rotatable bonds is 3. The monoisotopic (exact) mass is 287 g/mol. The molecule has 0 radical (unpaired) electrons. The Morgan fingerprint density at radius 3 is 2.63 bits per heavy atom. The van der Waals surface area contributed by atoms with Crippen LogP contribution in [0.2, 0.25) is 0 Å². The molecule has 0 fully saturated rings. The van der Waals surface area contributed by atoms with Crippen LogP contribution in [0.4, 0.5) is 0 Å². The molecule has 0 aliphatic carbocycles. The molecule has 2 N–H and O–H groups in total. The van der Waals surface area contributed by atoms with Crippen molar-refractivity contribution in [3.8, 4) is 11.5 Å². The van der Waals surface area contributed by atoms with E-state index in [1.807, 2.05) is 32.0 Å². The third-order valence-electron chi connectivity index (χ3n) is 2.68. The lowest BCUT2D eigenvalue weighted by atomic mass is 10.1. The highest BCUT2D eigenvalue weighted by Crippen LogP contribution is 2.39. The molecule has 0 saturated heterocycles. The number of methoxy groups -OCH3 is 1. The Bertz CT molecular complexity index is 476. The van der Waals surface area contributed by atoms with Crippen LogP contribution >= 0.6 is 12.4 Å². The molecule has 19 heavy (non-hydrogen) atoms. The van der Waals surface area contributed by atoms with E-state index in [1.54, 1.807) is 0 Å². The molecule has 0 aromatic heterocycles. The molecule has 1 atom stereocenters. The van der Waals surface area contributed by atoms with Crippen LogP contribution < -0.4 is 15.2 Å². The predicted molar refractivity (Wildman–Crippen MR) is 72.7 cm³/mol. The van der Waals surface area contributed by atoms with Gasteiger partial charge in [-0.1, -0.05) is 6.07 Å². The first kappa shape index (κ1) is 15.6. The molecule has 1 aromatic carbocycles. The van der Waals surface area contributed by atoms with Crippen molar-refractivity contribution in [1.29, 1.82) is 0 Å². The molecule has 1 aliphatic rings. The lowest BCUT2D eigenvalue weighted by molar-refractivity contribution is -0.142. The largest absolute Gasteiger partial charge is 0.468 e. The first-order valence-corrected chi connectivity index (χ1v) is 5.75. The van der Waals surface area contributed by atoms with E-state index in [-0.39, 0.29) is 12.4 Å². The van der Waals surface area contributed by atoms with Gasteiger partial charge in [-0.25, -0.2) is 0 Å². The fourth-order valence-corrected chi connectivity index (χ4v) is 1.88. The fourth-order valence-electron chi connectivity index (χ4n) is 1.88. The summed E-state index contributed by atoms with van der Waals surface area (Å²) in [5.41, 5.74) is 6.62. The minimum Gasteiger partial charge on any atom is -0.468 e. The van der Waals surface area contributed by atoms with Crippen LogP contribution in [0.1, 0.15) is 19.4 Å². The molecule has 1 aromatic rings. The van der Waals surface area contributed by atoms with Crippen LogP contribution in [-0.4, -0.2) is 24.9 Å². The molecule has 1 aliphatic heterocycles.